The number of nitrogens with one attached hydrogen (secondary N) is 1. The Morgan fingerprint density at radius 1 is 1.24 bits per heavy atom. The zero-order valence-corrected chi connectivity index (χ0v) is 14.8. The maximum Gasteiger partial charge on any atom is 0.244 e. The number of carbonyl (C=O) groups is 1. The lowest BCUT2D eigenvalue weighted by Crippen LogP contribution is -2.44. The average molecular weight is 359 g/mol. The molecule has 0 unspecified atom stereocenters. The van der Waals surface area contributed by atoms with Crippen LogP contribution in [-0.2, 0) is 27.7 Å². The quantitative estimate of drug-likeness (QED) is 0.835. The molecule has 0 spiro atoms. The second-order valence-electron chi connectivity index (χ2n) is 6.03. The third kappa shape index (κ3) is 3.58. The van der Waals surface area contributed by atoms with Gasteiger partial charge in [0.15, 0.2) is 0 Å². The van der Waals surface area contributed by atoms with Crippen molar-refractivity contribution in [3.8, 4) is 0 Å². The molecule has 1 atom stereocenters. The first-order valence-electron chi connectivity index (χ1n) is 8.10. The maximum absolute atomic E-state index is 12.8. The van der Waals surface area contributed by atoms with E-state index < -0.39 is 16.1 Å². The van der Waals surface area contributed by atoms with Crippen LogP contribution in [0.2, 0.25) is 0 Å². The molecule has 1 heterocycles. The Balaban J connectivity index is 1.84. The summed E-state index contributed by atoms with van der Waals surface area (Å²) in [6, 6.07) is 13.8. The lowest BCUT2D eigenvalue weighted by molar-refractivity contribution is -0.119. The van der Waals surface area contributed by atoms with Crippen LogP contribution in [-0.4, -0.2) is 34.0 Å². The fraction of sp³-hybridized carbons (Fsp3) is 0.278. The number of nitrogens with zero attached hydrogens (tertiary/aromatic N) is 1. The molecule has 7 heteroatoms. The highest BCUT2D eigenvalue weighted by Crippen LogP contribution is 2.31. The summed E-state index contributed by atoms with van der Waals surface area (Å²) < 4.78 is 26.3. The molecule has 6 nitrogen and oxygen atoms in total. The van der Waals surface area contributed by atoms with E-state index in [0.29, 0.717) is 25.1 Å². The van der Waals surface area contributed by atoms with Crippen molar-refractivity contribution in [2.24, 2.45) is 5.73 Å². The van der Waals surface area contributed by atoms with Crippen molar-refractivity contribution >= 4 is 21.6 Å². The minimum atomic E-state index is -3.56. The topological polar surface area (TPSA) is 92.5 Å². The molecule has 1 aliphatic rings. The van der Waals surface area contributed by atoms with Crippen molar-refractivity contribution in [1.82, 2.24) is 4.72 Å². The highest BCUT2D eigenvalue weighted by atomic mass is 32.2. The monoisotopic (exact) mass is 359 g/mol. The second kappa shape index (κ2) is 6.95. The van der Waals surface area contributed by atoms with E-state index in [0.717, 1.165) is 11.1 Å². The summed E-state index contributed by atoms with van der Waals surface area (Å²) in [6.07, 6.45) is 1.14. The molecule has 2 aromatic rings. The molecule has 25 heavy (non-hydrogen) atoms. The first-order chi connectivity index (χ1) is 11.9. The van der Waals surface area contributed by atoms with E-state index >= 15 is 0 Å². The van der Waals surface area contributed by atoms with Crippen molar-refractivity contribution in [2.45, 2.75) is 23.8 Å². The summed E-state index contributed by atoms with van der Waals surface area (Å²) in [5.74, 6) is -0.193. The van der Waals surface area contributed by atoms with Gasteiger partial charge in [0.1, 0.15) is 0 Å². The van der Waals surface area contributed by atoms with Crippen LogP contribution in [0.5, 0.6) is 0 Å². The van der Waals surface area contributed by atoms with Crippen LogP contribution in [0.1, 0.15) is 11.1 Å². The van der Waals surface area contributed by atoms with Gasteiger partial charge in [-0.2, -0.15) is 0 Å². The summed E-state index contributed by atoms with van der Waals surface area (Å²) in [4.78, 5) is 14.5. The van der Waals surface area contributed by atoms with Gasteiger partial charge in [0.2, 0.25) is 15.9 Å². The van der Waals surface area contributed by atoms with Gasteiger partial charge in [0.25, 0.3) is 0 Å². The van der Waals surface area contributed by atoms with Crippen LogP contribution >= 0.6 is 0 Å². The van der Waals surface area contributed by atoms with Gasteiger partial charge in [0, 0.05) is 12.2 Å². The van der Waals surface area contributed by atoms with E-state index in [4.69, 9.17) is 5.73 Å². The maximum atomic E-state index is 12.8. The smallest absolute Gasteiger partial charge is 0.244 e. The molecule has 0 fully saturated rings. The number of hydrogen-bond acceptors (Lipinski definition) is 4. The minimum absolute atomic E-state index is 0.144. The van der Waals surface area contributed by atoms with E-state index in [1.165, 1.54) is 7.05 Å². The van der Waals surface area contributed by atoms with E-state index in [9.17, 15) is 13.2 Å². The molecule has 0 saturated carbocycles. The number of sulfonamides is 1. The minimum Gasteiger partial charge on any atom is -0.320 e. The van der Waals surface area contributed by atoms with E-state index in [-0.39, 0.29) is 10.8 Å². The molecule has 132 valence electrons. The number of carbonyl (C=O) groups excluding carboxylic acids is 1. The third-order valence-corrected chi connectivity index (χ3v) is 5.82. The summed E-state index contributed by atoms with van der Waals surface area (Å²) in [5.41, 5.74) is 8.69. The Labute approximate surface area is 147 Å². The fourth-order valence-electron chi connectivity index (χ4n) is 3.03. The van der Waals surface area contributed by atoms with E-state index in [1.807, 2.05) is 30.3 Å². The van der Waals surface area contributed by atoms with E-state index in [1.54, 1.807) is 23.1 Å². The van der Waals surface area contributed by atoms with Crippen molar-refractivity contribution in [1.29, 1.82) is 0 Å². The SMILES string of the molecule is CNS(=O)(=O)c1ccc2c(c1)N(C(=O)[C@@H](N)Cc1ccccc1)CC2. The molecule has 2 aromatic carbocycles. The summed E-state index contributed by atoms with van der Waals surface area (Å²) in [6.45, 7) is 0.514. The highest BCUT2D eigenvalue weighted by molar-refractivity contribution is 7.89. The Hall–Kier alpha value is -2.22. The average Bonchev–Trinajstić information content (AvgIpc) is 3.05. The lowest BCUT2D eigenvalue weighted by Gasteiger charge is -2.22. The van der Waals surface area contributed by atoms with Crippen molar-refractivity contribution in [2.75, 3.05) is 18.5 Å². The van der Waals surface area contributed by atoms with E-state index in [2.05, 4.69) is 4.72 Å². The first-order valence-corrected chi connectivity index (χ1v) is 9.58. The summed E-state index contributed by atoms with van der Waals surface area (Å²) in [5, 5.41) is 0. The van der Waals surface area contributed by atoms with Gasteiger partial charge in [-0.05, 0) is 43.1 Å². The van der Waals surface area contributed by atoms with Gasteiger partial charge in [0.05, 0.1) is 10.9 Å². The predicted molar refractivity (Wildman–Crippen MR) is 96.9 cm³/mol. The highest BCUT2D eigenvalue weighted by Gasteiger charge is 2.29. The van der Waals surface area contributed by atoms with Crippen LogP contribution in [0.4, 0.5) is 5.69 Å². The Kier molecular flexibility index (Phi) is 4.89. The van der Waals surface area contributed by atoms with Crippen LogP contribution in [0, 0.1) is 0 Å². The largest absolute Gasteiger partial charge is 0.320 e. The Bertz CT molecular complexity index is 882. The van der Waals surface area contributed by atoms with Gasteiger partial charge < -0.3 is 10.6 Å². The predicted octanol–water partition coefficient (Wildman–Crippen LogP) is 1.05. The molecule has 1 aliphatic heterocycles. The molecule has 0 bridgehead atoms. The van der Waals surface area contributed by atoms with Crippen molar-refractivity contribution in [3.05, 3.63) is 59.7 Å². The first kappa shape index (κ1) is 17.6. The van der Waals surface area contributed by atoms with Crippen molar-refractivity contribution in [3.63, 3.8) is 0 Å². The second-order valence-corrected chi connectivity index (χ2v) is 7.92. The summed E-state index contributed by atoms with van der Waals surface area (Å²) in [7, 11) is -2.19. The third-order valence-electron chi connectivity index (χ3n) is 4.41. The molecule has 0 saturated heterocycles. The normalized spacial score (nSPS) is 15.0. The van der Waals surface area contributed by atoms with Crippen LogP contribution in [0.3, 0.4) is 0 Å². The Morgan fingerprint density at radius 2 is 1.96 bits per heavy atom. The van der Waals surface area contributed by atoms with Crippen molar-refractivity contribution < 1.29 is 13.2 Å². The number of hydrogen-bond donors (Lipinski definition) is 2. The summed E-state index contributed by atoms with van der Waals surface area (Å²) >= 11 is 0. The number of anilines is 1. The molecular weight excluding hydrogens is 338 g/mol. The number of benzene rings is 2. The van der Waals surface area contributed by atoms with Gasteiger partial charge in [-0.3, -0.25) is 4.79 Å². The molecule has 0 radical (unpaired) electrons. The van der Waals surface area contributed by atoms with Crippen LogP contribution < -0.4 is 15.4 Å². The fourth-order valence-corrected chi connectivity index (χ4v) is 3.78. The molecule has 0 aromatic heterocycles. The van der Waals surface area contributed by atoms with Gasteiger partial charge >= 0.3 is 0 Å². The zero-order valence-electron chi connectivity index (χ0n) is 14.0. The van der Waals surface area contributed by atoms with Crippen LogP contribution in [0.15, 0.2) is 53.4 Å². The Morgan fingerprint density at radius 3 is 2.64 bits per heavy atom. The molecule has 3 N–H and O–H groups in total. The van der Waals surface area contributed by atoms with Gasteiger partial charge in [-0.15, -0.1) is 0 Å². The molecule has 1 amide bonds. The molecular formula is C18H21N3O3S. The molecule has 3 rings (SSSR count). The number of rotatable bonds is 5. The van der Waals surface area contributed by atoms with Crippen LogP contribution in [0.25, 0.3) is 0 Å². The van der Waals surface area contributed by atoms with Gasteiger partial charge in [-0.25, -0.2) is 13.1 Å². The zero-order chi connectivity index (χ0) is 18.0. The van der Waals surface area contributed by atoms with Gasteiger partial charge in [-0.1, -0.05) is 36.4 Å². The standard InChI is InChI=1S/C18H21N3O3S/c1-20-25(23,24)15-8-7-14-9-10-21(17(14)12-15)18(22)16(19)11-13-5-3-2-4-6-13/h2-8,12,16,20H,9-11,19H2,1H3/t16-/m0/s1. The number of nitrogens with two attached hydrogens (primary N) is 1. The molecule has 0 aliphatic carbocycles. The number of fused-ring (bicyclic) bond motifs is 1. The lowest BCUT2D eigenvalue weighted by atomic mass is 10.1. The number of amides is 1.